The van der Waals surface area contributed by atoms with E-state index < -0.39 is 10.0 Å². The van der Waals surface area contributed by atoms with Gasteiger partial charge in [0.15, 0.2) is 0 Å². The van der Waals surface area contributed by atoms with Crippen LogP contribution in [-0.2, 0) is 10.0 Å². The van der Waals surface area contributed by atoms with E-state index in [1.165, 1.54) is 18.5 Å². The maximum Gasteiger partial charge on any atom is 0.244 e. The Morgan fingerprint density at radius 1 is 1.33 bits per heavy atom. The Labute approximate surface area is 108 Å². The number of hydrogen-bond acceptors (Lipinski definition) is 4. The summed E-state index contributed by atoms with van der Waals surface area (Å²) in [6.45, 7) is 2.20. The topological polar surface area (TPSA) is 85.1 Å². The van der Waals surface area contributed by atoms with E-state index in [-0.39, 0.29) is 16.6 Å². The normalized spacial score (nSPS) is 24.9. The molecule has 0 spiro atoms. The van der Waals surface area contributed by atoms with E-state index in [9.17, 15) is 8.42 Å². The summed E-state index contributed by atoms with van der Waals surface area (Å²) < 4.78 is 27.1. The highest BCUT2D eigenvalue weighted by molar-refractivity contribution is 7.89. The van der Waals surface area contributed by atoms with Crippen molar-refractivity contribution >= 4 is 15.7 Å². The van der Waals surface area contributed by atoms with Crippen LogP contribution in [0.2, 0.25) is 0 Å². The summed E-state index contributed by atoms with van der Waals surface area (Å²) in [6.07, 6.45) is 6.69. The molecular weight excluding hydrogens is 250 g/mol. The van der Waals surface area contributed by atoms with Crippen LogP contribution in [0.25, 0.3) is 0 Å². The second kappa shape index (κ2) is 5.24. The molecule has 1 aliphatic carbocycles. The molecule has 0 aliphatic heterocycles. The number of pyridine rings is 1. The Balaban J connectivity index is 2.11. The van der Waals surface area contributed by atoms with Crippen LogP contribution in [0, 0.1) is 5.92 Å². The van der Waals surface area contributed by atoms with Crippen LogP contribution in [0.4, 0.5) is 5.69 Å². The van der Waals surface area contributed by atoms with E-state index >= 15 is 0 Å². The molecule has 2 rings (SSSR count). The van der Waals surface area contributed by atoms with E-state index in [4.69, 9.17) is 5.73 Å². The van der Waals surface area contributed by atoms with Crippen molar-refractivity contribution in [3.05, 3.63) is 18.5 Å². The van der Waals surface area contributed by atoms with Gasteiger partial charge in [0.25, 0.3) is 0 Å². The number of anilines is 1. The summed E-state index contributed by atoms with van der Waals surface area (Å²) in [5.41, 5.74) is 5.91. The fraction of sp³-hybridized carbons (Fsp3) is 0.583. The highest BCUT2D eigenvalue weighted by Gasteiger charge is 2.25. The molecule has 1 aromatic heterocycles. The van der Waals surface area contributed by atoms with Crippen LogP contribution in [0.1, 0.15) is 32.6 Å². The van der Waals surface area contributed by atoms with E-state index in [0.29, 0.717) is 5.92 Å². The standard InChI is InChI=1S/C12H19N3O2S/c1-9-2-4-10(5-3-9)15-18(16,17)12-8-14-7-6-11(12)13/h6-10,15H,2-5H2,1H3,(H2,13,14). The van der Waals surface area contributed by atoms with Crippen molar-refractivity contribution in [3.63, 3.8) is 0 Å². The Kier molecular flexibility index (Phi) is 3.87. The molecule has 0 aromatic carbocycles. The summed E-state index contributed by atoms with van der Waals surface area (Å²) in [5.74, 6) is 0.689. The smallest absolute Gasteiger partial charge is 0.244 e. The van der Waals surface area contributed by atoms with Crippen LogP contribution in [0.5, 0.6) is 0 Å². The Morgan fingerprint density at radius 3 is 2.61 bits per heavy atom. The average Bonchev–Trinajstić information content (AvgIpc) is 2.32. The van der Waals surface area contributed by atoms with Crippen molar-refractivity contribution in [1.82, 2.24) is 9.71 Å². The number of sulfonamides is 1. The molecule has 0 unspecified atom stereocenters. The number of rotatable bonds is 3. The molecule has 5 nitrogen and oxygen atoms in total. The maximum atomic E-state index is 12.2. The van der Waals surface area contributed by atoms with Crippen molar-refractivity contribution in [2.45, 2.75) is 43.5 Å². The lowest BCUT2D eigenvalue weighted by Gasteiger charge is -2.26. The van der Waals surface area contributed by atoms with Gasteiger partial charge < -0.3 is 5.73 Å². The molecule has 18 heavy (non-hydrogen) atoms. The number of nitrogens with one attached hydrogen (secondary N) is 1. The molecule has 0 bridgehead atoms. The third kappa shape index (κ3) is 3.00. The minimum Gasteiger partial charge on any atom is -0.398 e. The van der Waals surface area contributed by atoms with Crippen LogP contribution >= 0.6 is 0 Å². The first-order chi connectivity index (χ1) is 8.49. The predicted molar refractivity (Wildman–Crippen MR) is 70.4 cm³/mol. The van der Waals surface area contributed by atoms with Crippen LogP contribution < -0.4 is 10.5 Å². The van der Waals surface area contributed by atoms with Gasteiger partial charge in [-0.3, -0.25) is 4.98 Å². The van der Waals surface area contributed by atoms with Gasteiger partial charge in [-0.05, 0) is 37.7 Å². The molecule has 1 aromatic rings. The molecule has 0 amide bonds. The van der Waals surface area contributed by atoms with Gasteiger partial charge in [0.2, 0.25) is 10.0 Å². The van der Waals surface area contributed by atoms with Crippen molar-refractivity contribution < 1.29 is 8.42 Å². The summed E-state index contributed by atoms with van der Waals surface area (Å²) in [5, 5.41) is 0. The predicted octanol–water partition coefficient (Wildman–Crippen LogP) is 1.52. The number of nitrogens with zero attached hydrogens (tertiary/aromatic N) is 1. The second-order valence-electron chi connectivity index (χ2n) is 4.99. The van der Waals surface area contributed by atoms with Crippen LogP contribution in [-0.4, -0.2) is 19.4 Å². The van der Waals surface area contributed by atoms with E-state index in [1.54, 1.807) is 0 Å². The van der Waals surface area contributed by atoms with Crippen LogP contribution in [0.15, 0.2) is 23.4 Å². The van der Waals surface area contributed by atoms with E-state index in [1.807, 2.05) is 0 Å². The molecule has 1 fully saturated rings. The van der Waals surface area contributed by atoms with Gasteiger partial charge in [0, 0.05) is 18.4 Å². The largest absolute Gasteiger partial charge is 0.398 e. The monoisotopic (exact) mass is 269 g/mol. The summed E-state index contributed by atoms with van der Waals surface area (Å²) in [6, 6.07) is 1.52. The fourth-order valence-corrected chi connectivity index (χ4v) is 3.66. The second-order valence-corrected chi connectivity index (χ2v) is 6.67. The van der Waals surface area contributed by atoms with E-state index in [0.717, 1.165) is 25.7 Å². The summed E-state index contributed by atoms with van der Waals surface area (Å²) in [4.78, 5) is 3.89. The zero-order chi connectivity index (χ0) is 13.2. The van der Waals surface area contributed by atoms with Gasteiger partial charge in [-0.15, -0.1) is 0 Å². The molecule has 0 atom stereocenters. The summed E-state index contributed by atoms with van der Waals surface area (Å²) >= 11 is 0. The first-order valence-corrected chi connectivity index (χ1v) is 7.69. The lowest BCUT2D eigenvalue weighted by molar-refractivity contribution is 0.332. The number of hydrogen-bond donors (Lipinski definition) is 2. The molecule has 100 valence electrons. The van der Waals surface area contributed by atoms with Crippen LogP contribution in [0.3, 0.4) is 0 Å². The minimum atomic E-state index is -3.55. The van der Waals surface area contributed by atoms with Gasteiger partial charge in [0.05, 0.1) is 5.69 Å². The third-order valence-corrected chi connectivity index (χ3v) is 5.01. The van der Waals surface area contributed by atoms with Gasteiger partial charge in [-0.2, -0.15) is 0 Å². The highest BCUT2D eigenvalue weighted by Crippen LogP contribution is 2.25. The average molecular weight is 269 g/mol. The van der Waals surface area contributed by atoms with Gasteiger partial charge in [-0.1, -0.05) is 6.92 Å². The lowest BCUT2D eigenvalue weighted by Crippen LogP contribution is -2.37. The van der Waals surface area contributed by atoms with Crippen molar-refractivity contribution in [2.24, 2.45) is 5.92 Å². The molecule has 6 heteroatoms. The molecule has 1 saturated carbocycles. The van der Waals surface area contributed by atoms with Gasteiger partial charge in [0.1, 0.15) is 4.90 Å². The fourth-order valence-electron chi connectivity index (χ4n) is 2.28. The molecule has 0 saturated heterocycles. The number of aromatic nitrogens is 1. The number of nitrogen functional groups attached to an aromatic ring is 1. The SMILES string of the molecule is CC1CCC(NS(=O)(=O)c2cnccc2N)CC1. The molecule has 0 radical (unpaired) electrons. The van der Waals surface area contributed by atoms with Gasteiger partial charge >= 0.3 is 0 Å². The third-order valence-electron chi connectivity index (χ3n) is 3.44. The zero-order valence-electron chi connectivity index (χ0n) is 10.5. The summed E-state index contributed by atoms with van der Waals surface area (Å²) in [7, 11) is -3.55. The van der Waals surface area contributed by atoms with E-state index in [2.05, 4.69) is 16.6 Å². The number of nitrogens with two attached hydrogens (primary N) is 1. The Bertz CT molecular complexity index is 508. The maximum absolute atomic E-state index is 12.2. The first-order valence-electron chi connectivity index (χ1n) is 6.21. The molecular formula is C12H19N3O2S. The lowest BCUT2D eigenvalue weighted by atomic mass is 9.88. The Hall–Kier alpha value is -1.14. The van der Waals surface area contributed by atoms with Crippen molar-refractivity contribution in [1.29, 1.82) is 0 Å². The quantitative estimate of drug-likeness (QED) is 0.871. The van der Waals surface area contributed by atoms with Crippen molar-refractivity contribution in [3.8, 4) is 0 Å². The zero-order valence-corrected chi connectivity index (χ0v) is 11.3. The Morgan fingerprint density at radius 2 is 2.00 bits per heavy atom. The highest BCUT2D eigenvalue weighted by atomic mass is 32.2. The van der Waals surface area contributed by atoms with Gasteiger partial charge in [-0.25, -0.2) is 13.1 Å². The molecule has 1 aliphatic rings. The minimum absolute atomic E-state index is 0.0193. The molecule has 3 N–H and O–H groups in total. The molecule has 1 heterocycles. The first kappa shape index (κ1) is 13.3. The van der Waals surface area contributed by atoms with Crippen molar-refractivity contribution in [2.75, 3.05) is 5.73 Å².